The summed E-state index contributed by atoms with van der Waals surface area (Å²) in [6, 6.07) is 8.96. The van der Waals surface area contributed by atoms with Gasteiger partial charge in [0.2, 0.25) is 0 Å². The van der Waals surface area contributed by atoms with Gasteiger partial charge in [0.1, 0.15) is 5.54 Å². The smallest absolute Gasteiger partial charge is 0.269 e. The molecule has 2 rings (SSSR count). The van der Waals surface area contributed by atoms with E-state index in [1.54, 1.807) is 12.1 Å². The van der Waals surface area contributed by atoms with Gasteiger partial charge in [-0.3, -0.25) is 15.0 Å². The summed E-state index contributed by atoms with van der Waals surface area (Å²) in [7, 11) is 2.07. The lowest BCUT2D eigenvalue weighted by atomic mass is 9.91. The summed E-state index contributed by atoms with van der Waals surface area (Å²) in [6.45, 7) is 5.47. The maximum atomic E-state index is 10.9. The number of piperazine rings is 1. The Kier molecular flexibility index (Phi) is 4.56. The van der Waals surface area contributed by atoms with Gasteiger partial charge in [0.15, 0.2) is 0 Å². The highest BCUT2D eigenvalue weighted by Crippen LogP contribution is 2.24. The number of hydrogen-bond acceptors (Lipinski definition) is 5. The number of hydrogen-bond donors (Lipinski definition) is 0. The molecule has 0 bridgehead atoms. The molecule has 1 unspecified atom stereocenters. The summed E-state index contributed by atoms with van der Waals surface area (Å²) in [6.07, 6.45) is 0.495. The van der Waals surface area contributed by atoms with Gasteiger partial charge in [-0.2, -0.15) is 5.26 Å². The van der Waals surface area contributed by atoms with Crippen molar-refractivity contribution in [2.45, 2.75) is 18.9 Å². The summed E-state index contributed by atoms with van der Waals surface area (Å²) < 4.78 is 0. The molecule has 0 saturated carbocycles. The second-order valence-corrected chi connectivity index (χ2v) is 5.78. The van der Waals surface area contributed by atoms with Crippen molar-refractivity contribution in [3.05, 3.63) is 39.9 Å². The molecule has 0 aromatic heterocycles. The molecule has 1 aromatic rings. The van der Waals surface area contributed by atoms with Gasteiger partial charge >= 0.3 is 0 Å². The second-order valence-electron chi connectivity index (χ2n) is 5.78. The van der Waals surface area contributed by atoms with Crippen molar-refractivity contribution in [3.63, 3.8) is 0 Å². The van der Waals surface area contributed by atoms with E-state index in [9.17, 15) is 15.4 Å². The Morgan fingerprint density at radius 3 is 2.62 bits per heavy atom. The van der Waals surface area contributed by atoms with Gasteiger partial charge in [-0.1, -0.05) is 12.1 Å². The van der Waals surface area contributed by atoms with Crippen molar-refractivity contribution in [1.82, 2.24) is 9.80 Å². The first-order valence-electron chi connectivity index (χ1n) is 7.03. The summed E-state index contributed by atoms with van der Waals surface area (Å²) in [5.41, 5.74) is 0.273. The number of nitro benzene ring substituents is 1. The first-order valence-corrected chi connectivity index (χ1v) is 7.03. The van der Waals surface area contributed by atoms with E-state index in [0.717, 1.165) is 31.7 Å². The Balaban J connectivity index is 2.16. The van der Waals surface area contributed by atoms with E-state index in [0.29, 0.717) is 6.42 Å². The average Bonchev–Trinajstić information content (AvgIpc) is 2.48. The monoisotopic (exact) mass is 288 g/mol. The van der Waals surface area contributed by atoms with E-state index in [2.05, 4.69) is 22.9 Å². The summed E-state index contributed by atoms with van der Waals surface area (Å²) >= 11 is 0. The van der Waals surface area contributed by atoms with Crippen molar-refractivity contribution >= 4 is 5.69 Å². The van der Waals surface area contributed by atoms with Crippen LogP contribution in [-0.2, 0) is 6.42 Å². The van der Waals surface area contributed by atoms with Crippen molar-refractivity contribution < 1.29 is 4.92 Å². The number of nitro groups is 1. The molecule has 0 amide bonds. The highest BCUT2D eigenvalue weighted by Gasteiger charge is 2.34. The van der Waals surface area contributed by atoms with Crippen molar-refractivity contribution in [2.75, 3.05) is 33.2 Å². The molecule has 1 fully saturated rings. The molecule has 1 aromatic carbocycles. The van der Waals surface area contributed by atoms with Crippen LogP contribution in [0.3, 0.4) is 0 Å². The molecule has 1 aliphatic rings. The standard InChI is InChI=1S/C15H20N4O2/c1-15(12-16,18-8-6-17(2)7-9-18)11-13-4-3-5-14(10-13)19(20)21/h3-5,10H,6-9,11H2,1-2H3. The summed E-state index contributed by atoms with van der Waals surface area (Å²) in [5, 5.41) is 20.5. The normalized spacial score (nSPS) is 19.7. The van der Waals surface area contributed by atoms with E-state index in [1.165, 1.54) is 6.07 Å². The van der Waals surface area contributed by atoms with Gasteiger partial charge in [0.05, 0.1) is 11.0 Å². The van der Waals surface area contributed by atoms with Crippen LogP contribution < -0.4 is 0 Å². The third-order valence-corrected chi connectivity index (χ3v) is 4.11. The van der Waals surface area contributed by atoms with Crippen LogP contribution in [0, 0.1) is 21.4 Å². The molecule has 0 N–H and O–H groups in total. The maximum Gasteiger partial charge on any atom is 0.269 e. The lowest BCUT2D eigenvalue weighted by Gasteiger charge is -2.41. The fraction of sp³-hybridized carbons (Fsp3) is 0.533. The molecule has 6 nitrogen and oxygen atoms in total. The molecule has 0 radical (unpaired) electrons. The predicted octanol–water partition coefficient (Wildman–Crippen LogP) is 1.67. The predicted molar refractivity (Wildman–Crippen MR) is 79.9 cm³/mol. The van der Waals surface area contributed by atoms with Crippen molar-refractivity contribution in [3.8, 4) is 6.07 Å². The third kappa shape index (κ3) is 3.57. The van der Waals surface area contributed by atoms with Crippen LogP contribution >= 0.6 is 0 Å². The van der Waals surface area contributed by atoms with Crippen LogP contribution in [-0.4, -0.2) is 53.5 Å². The summed E-state index contributed by atoms with van der Waals surface area (Å²) in [4.78, 5) is 14.9. The number of nitrogens with zero attached hydrogens (tertiary/aromatic N) is 4. The molecular formula is C15H20N4O2. The van der Waals surface area contributed by atoms with Gasteiger partial charge in [-0.15, -0.1) is 0 Å². The molecule has 1 heterocycles. The van der Waals surface area contributed by atoms with Crippen LogP contribution in [0.1, 0.15) is 12.5 Å². The van der Waals surface area contributed by atoms with Crippen LogP contribution in [0.2, 0.25) is 0 Å². The Labute approximate surface area is 124 Å². The lowest BCUT2D eigenvalue weighted by molar-refractivity contribution is -0.384. The molecule has 6 heteroatoms. The van der Waals surface area contributed by atoms with Gasteiger partial charge < -0.3 is 4.90 Å². The molecule has 21 heavy (non-hydrogen) atoms. The topological polar surface area (TPSA) is 73.4 Å². The third-order valence-electron chi connectivity index (χ3n) is 4.11. The van der Waals surface area contributed by atoms with Crippen LogP contribution in [0.4, 0.5) is 5.69 Å². The zero-order valence-corrected chi connectivity index (χ0v) is 12.5. The largest absolute Gasteiger partial charge is 0.304 e. The minimum absolute atomic E-state index is 0.0752. The molecule has 1 aliphatic heterocycles. The Morgan fingerprint density at radius 1 is 1.38 bits per heavy atom. The Bertz CT molecular complexity index is 561. The van der Waals surface area contributed by atoms with Gasteiger partial charge in [-0.05, 0) is 19.5 Å². The van der Waals surface area contributed by atoms with E-state index < -0.39 is 10.5 Å². The molecule has 1 saturated heterocycles. The van der Waals surface area contributed by atoms with Gasteiger partial charge in [0.25, 0.3) is 5.69 Å². The maximum absolute atomic E-state index is 10.9. The van der Waals surface area contributed by atoms with Crippen LogP contribution in [0.15, 0.2) is 24.3 Å². The average molecular weight is 288 g/mol. The number of rotatable bonds is 4. The molecule has 112 valence electrons. The Morgan fingerprint density at radius 2 is 2.05 bits per heavy atom. The van der Waals surface area contributed by atoms with Crippen molar-refractivity contribution in [1.29, 1.82) is 5.26 Å². The number of nitriles is 1. The molecule has 0 spiro atoms. The number of benzene rings is 1. The molecular weight excluding hydrogens is 268 g/mol. The first-order chi connectivity index (χ1) is 9.94. The van der Waals surface area contributed by atoms with Crippen LogP contribution in [0.5, 0.6) is 0 Å². The SMILES string of the molecule is CN1CCN(C(C)(C#N)Cc2cccc([N+](=O)[O-])c2)CC1. The van der Waals surface area contributed by atoms with Crippen molar-refractivity contribution in [2.24, 2.45) is 0 Å². The highest BCUT2D eigenvalue weighted by atomic mass is 16.6. The van der Waals surface area contributed by atoms with E-state index in [1.807, 2.05) is 13.0 Å². The fourth-order valence-corrected chi connectivity index (χ4v) is 2.70. The Hall–Kier alpha value is -1.97. The van der Waals surface area contributed by atoms with Gasteiger partial charge in [-0.25, -0.2) is 0 Å². The number of likely N-dealkylation sites (N-methyl/N-ethyl adjacent to an activating group) is 1. The van der Waals surface area contributed by atoms with E-state index in [4.69, 9.17) is 0 Å². The zero-order valence-electron chi connectivity index (χ0n) is 12.5. The van der Waals surface area contributed by atoms with Gasteiger partial charge in [0, 0.05) is 44.7 Å². The molecule has 0 aliphatic carbocycles. The number of non-ortho nitro benzene ring substituents is 1. The molecule has 1 atom stereocenters. The fourth-order valence-electron chi connectivity index (χ4n) is 2.70. The minimum atomic E-state index is -0.628. The van der Waals surface area contributed by atoms with Crippen LogP contribution in [0.25, 0.3) is 0 Å². The summed E-state index contributed by atoms with van der Waals surface area (Å²) in [5.74, 6) is 0. The van der Waals surface area contributed by atoms with E-state index >= 15 is 0 Å². The lowest BCUT2D eigenvalue weighted by Crippen LogP contribution is -2.55. The quantitative estimate of drug-likeness (QED) is 0.622. The highest BCUT2D eigenvalue weighted by molar-refractivity contribution is 5.36. The first kappa shape index (κ1) is 15.4. The van der Waals surface area contributed by atoms with E-state index in [-0.39, 0.29) is 5.69 Å². The zero-order chi connectivity index (χ0) is 15.5. The minimum Gasteiger partial charge on any atom is -0.304 e. The second kappa shape index (κ2) is 6.20.